The largest absolute Gasteiger partial charge is 0.479 e. The van der Waals surface area contributed by atoms with Gasteiger partial charge >= 0.3 is 0 Å². The highest BCUT2D eigenvalue weighted by atomic mass is 79.9. The Bertz CT molecular complexity index is 689. The minimum atomic E-state index is -1.12. The lowest BCUT2D eigenvalue weighted by atomic mass is 10.1. The molecule has 0 spiro atoms. The fourth-order valence-corrected chi connectivity index (χ4v) is 2.06. The number of ketones is 1. The molecule has 0 aromatic heterocycles. The maximum Gasteiger partial charge on any atom is 0.205 e. The van der Waals surface area contributed by atoms with Crippen LogP contribution in [0.4, 0.5) is 13.2 Å². The molecule has 0 saturated carbocycles. The van der Waals surface area contributed by atoms with Crippen LogP contribution >= 0.6 is 15.9 Å². The van der Waals surface area contributed by atoms with Crippen LogP contribution in [0.25, 0.3) is 0 Å². The molecule has 2 nitrogen and oxygen atoms in total. The van der Waals surface area contributed by atoms with Crippen LogP contribution in [0.15, 0.2) is 40.9 Å². The molecule has 1 unspecified atom stereocenters. The number of rotatable bonds is 4. The first kappa shape index (κ1) is 15.6. The summed E-state index contributed by atoms with van der Waals surface area (Å²) in [6, 6.07) is 6.63. The minimum absolute atomic E-state index is 0.132. The van der Waals surface area contributed by atoms with Gasteiger partial charge in [0.05, 0.1) is 5.56 Å². The lowest BCUT2D eigenvalue weighted by Gasteiger charge is -2.15. The average molecular weight is 359 g/mol. The van der Waals surface area contributed by atoms with E-state index in [-0.39, 0.29) is 11.3 Å². The van der Waals surface area contributed by atoms with Gasteiger partial charge in [-0.3, -0.25) is 4.79 Å². The lowest BCUT2D eigenvalue weighted by Crippen LogP contribution is -2.25. The molecule has 0 aliphatic rings. The van der Waals surface area contributed by atoms with Gasteiger partial charge in [0.25, 0.3) is 0 Å². The SMILES string of the molecule is CC(Oc1cc(Br)ccc1F)C(=O)c1ccc(F)cc1F. The maximum atomic E-state index is 13.5. The summed E-state index contributed by atoms with van der Waals surface area (Å²) in [5, 5.41) is 0. The van der Waals surface area contributed by atoms with Gasteiger partial charge in [-0.05, 0) is 37.3 Å². The van der Waals surface area contributed by atoms with Crippen molar-refractivity contribution in [3.8, 4) is 5.75 Å². The zero-order valence-electron chi connectivity index (χ0n) is 10.9. The molecule has 0 aliphatic carbocycles. The van der Waals surface area contributed by atoms with Crippen LogP contribution in [0.3, 0.4) is 0 Å². The Morgan fingerprint density at radius 2 is 1.81 bits per heavy atom. The number of halogens is 4. The fourth-order valence-electron chi connectivity index (χ4n) is 1.72. The van der Waals surface area contributed by atoms with Crippen LogP contribution in [0, 0.1) is 17.5 Å². The van der Waals surface area contributed by atoms with Crippen LogP contribution in [-0.4, -0.2) is 11.9 Å². The van der Waals surface area contributed by atoms with Gasteiger partial charge in [0.2, 0.25) is 5.78 Å². The standard InChI is InChI=1S/C15H10BrF3O2/c1-8(21-14-6-9(16)2-5-12(14)18)15(20)11-4-3-10(17)7-13(11)19/h2-8H,1H3. The summed E-state index contributed by atoms with van der Waals surface area (Å²) in [6.07, 6.45) is -1.12. The highest BCUT2D eigenvalue weighted by Crippen LogP contribution is 2.24. The van der Waals surface area contributed by atoms with Crippen LogP contribution in [0.1, 0.15) is 17.3 Å². The highest BCUT2D eigenvalue weighted by molar-refractivity contribution is 9.10. The molecule has 110 valence electrons. The normalized spacial score (nSPS) is 12.0. The topological polar surface area (TPSA) is 26.3 Å². The zero-order valence-corrected chi connectivity index (χ0v) is 12.5. The van der Waals surface area contributed by atoms with Crippen molar-refractivity contribution in [2.75, 3.05) is 0 Å². The van der Waals surface area contributed by atoms with Crippen molar-refractivity contribution in [1.29, 1.82) is 0 Å². The highest BCUT2D eigenvalue weighted by Gasteiger charge is 2.22. The van der Waals surface area contributed by atoms with Gasteiger partial charge in [0.15, 0.2) is 17.7 Å². The Balaban J connectivity index is 2.21. The van der Waals surface area contributed by atoms with Gasteiger partial charge in [-0.2, -0.15) is 0 Å². The number of benzene rings is 2. The summed E-state index contributed by atoms with van der Waals surface area (Å²) >= 11 is 3.15. The van der Waals surface area contributed by atoms with E-state index in [2.05, 4.69) is 15.9 Å². The van der Waals surface area contributed by atoms with E-state index in [0.29, 0.717) is 10.5 Å². The van der Waals surface area contributed by atoms with E-state index in [4.69, 9.17) is 4.74 Å². The number of hydrogen-bond acceptors (Lipinski definition) is 2. The first-order valence-corrected chi connectivity index (χ1v) is 6.78. The molecular weight excluding hydrogens is 349 g/mol. The zero-order chi connectivity index (χ0) is 15.6. The lowest BCUT2D eigenvalue weighted by molar-refractivity contribution is 0.0807. The maximum absolute atomic E-state index is 13.5. The van der Waals surface area contributed by atoms with Crippen LogP contribution in [0.2, 0.25) is 0 Å². The fraction of sp³-hybridized carbons (Fsp3) is 0.133. The van der Waals surface area contributed by atoms with Crippen molar-refractivity contribution in [3.63, 3.8) is 0 Å². The second kappa shape index (κ2) is 6.30. The molecule has 0 fully saturated rings. The van der Waals surface area contributed by atoms with Crippen molar-refractivity contribution >= 4 is 21.7 Å². The Kier molecular flexibility index (Phi) is 4.67. The summed E-state index contributed by atoms with van der Waals surface area (Å²) in [5.41, 5.74) is -0.306. The van der Waals surface area contributed by atoms with Crippen molar-refractivity contribution < 1.29 is 22.7 Å². The molecule has 0 saturated heterocycles. The summed E-state index contributed by atoms with van der Waals surface area (Å²) < 4.78 is 45.7. The third kappa shape index (κ3) is 3.64. The van der Waals surface area contributed by atoms with Crippen molar-refractivity contribution in [2.45, 2.75) is 13.0 Å². The molecule has 6 heteroatoms. The molecule has 2 aromatic rings. The first-order chi connectivity index (χ1) is 9.88. The molecule has 0 amide bonds. The van der Waals surface area contributed by atoms with E-state index >= 15 is 0 Å². The number of Topliss-reactive ketones (excluding diaryl/α,β-unsaturated/α-hetero) is 1. The van der Waals surface area contributed by atoms with Gasteiger partial charge in [-0.1, -0.05) is 15.9 Å². The molecule has 0 bridgehead atoms. The van der Waals surface area contributed by atoms with Gasteiger partial charge in [0, 0.05) is 10.5 Å². The Labute approximate surface area is 127 Å². The third-order valence-corrected chi connectivity index (χ3v) is 3.26. The minimum Gasteiger partial charge on any atom is -0.479 e. The van der Waals surface area contributed by atoms with Crippen LogP contribution in [0.5, 0.6) is 5.75 Å². The molecule has 0 aliphatic heterocycles. The second-order valence-corrected chi connectivity index (χ2v) is 5.24. The predicted molar refractivity (Wildman–Crippen MR) is 74.9 cm³/mol. The average Bonchev–Trinajstić information content (AvgIpc) is 2.42. The third-order valence-electron chi connectivity index (χ3n) is 2.76. The summed E-state index contributed by atoms with van der Waals surface area (Å²) in [4.78, 5) is 12.1. The quantitative estimate of drug-likeness (QED) is 0.751. The van der Waals surface area contributed by atoms with E-state index in [1.54, 1.807) is 0 Å². The van der Waals surface area contributed by atoms with Gasteiger partial charge in [-0.15, -0.1) is 0 Å². The Hall–Kier alpha value is -1.82. The van der Waals surface area contributed by atoms with Crippen LogP contribution in [-0.2, 0) is 0 Å². The molecule has 2 rings (SSSR count). The number of ether oxygens (including phenoxy) is 1. The van der Waals surface area contributed by atoms with E-state index in [9.17, 15) is 18.0 Å². The Morgan fingerprint density at radius 1 is 1.10 bits per heavy atom. The van der Waals surface area contributed by atoms with E-state index in [1.807, 2.05) is 0 Å². The molecule has 0 N–H and O–H groups in total. The molecule has 0 radical (unpaired) electrons. The van der Waals surface area contributed by atoms with E-state index in [0.717, 1.165) is 12.1 Å². The Morgan fingerprint density at radius 3 is 2.48 bits per heavy atom. The number of carbonyl (C=O) groups is 1. The summed E-state index contributed by atoms with van der Waals surface area (Å²) in [7, 11) is 0. The van der Waals surface area contributed by atoms with Gasteiger partial charge in [-0.25, -0.2) is 13.2 Å². The van der Waals surface area contributed by atoms with Crippen molar-refractivity contribution in [1.82, 2.24) is 0 Å². The summed E-state index contributed by atoms with van der Waals surface area (Å²) in [5.74, 6) is -3.24. The van der Waals surface area contributed by atoms with Gasteiger partial charge in [0.1, 0.15) is 11.6 Å². The smallest absolute Gasteiger partial charge is 0.205 e. The van der Waals surface area contributed by atoms with E-state index in [1.165, 1.54) is 25.1 Å². The second-order valence-electron chi connectivity index (χ2n) is 4.32. The van der Waals surface area contributed by atoms with Crippen molar-refractivity contribution in [3.05, 3.63) is 63.9 Å². The van der Waals surface area contributed by atoms with E-state index < -0.39 is 29.3 Å². The molecule has 2 aromatic carbocycles. The first-order valence-electron chi connectivity index (χ1n) is 5.99. The van der Waals surface area contributed by atoms with Crippen molar-refractivity contribution in [2.24, 2.45) is 0 Å². The van der Waals surface area contributed by atoms with Gasteiger partial charge < -0.3 is 4.74 Å². The van der Waals surface area contributed by atoms with Crippen LogP contribution < -0.4 is 4.74 Å². The number of carbonyl (C=O) groups excluding carboxylic acids is 1. The molecule has 0 heterocycles. The molecule has 21 heavy (non-hydrogen) atoms. The molecule has 1 atom stereocenters. The monoisotopic (exact) mass is 358 g/mol. The summed E-state index contributed by atoms with van der Waals surface area (Å²) in [6.45, 7) is 1.37. The number of hydrogen-bond donors (Lipinski definition) is 0. The predicted octanol–water partition coefficient (Wildman–Crippen LogP) is 4.52. The molecular formula is C15H10BrF3O2.